The summed E-state index contributed by atoms with van der Waals surface area (Å²) in [5.41, 5.74) is 8.91. The number of aromatic nitrogens is 2. The minimum absolute atomic E-state index is 0.00770. The summed E-state index contributed by atoms with van der Waals surface area (Å²) in [6.45, 7) is 0. The minimum atomic E-state index is 0.00770. The van der Waals surface area contributed by atoms with E-state index in [9.17, 15) is 4.79 Å². The van der Waals surface area contributed by atoms with Gasteiger partial charge in [-0.05, 0) is 56.0 Å². The third-order valence-corrected chi connectivity index (χ3v) is 6.45. The average molecular weight is 470 g/mol. The van der Waals surface area contributed by atoms with Gasteiger partial charge in [-0.2, -0.15) is 0 Å². The number of nitrogens with zero attached hydrogens (tertiary/aromatic N) is 2. The molecule has 6 nitrogen and oxygen atoms in total. The minimum Gasteiger partial charge on any atom is -0.328 e. The van der Waals surface area contributed by atoms with Crippen LogP contribution in [0, 0.1) is 18.1 Å². The van der Waals surface area contributed by atoms with Crippen LogP contribution in [0.4, 0.5) is 17.3 Å². The number of rotatable bonds is 5. The Morgan fingerprint density at radius 2 is 1.85 bits per heavy atom. The van der Waals surface area contributed by atoms with E-state index < -0.39 is 0 Å². The van der Waals surface area contributed by atoms with E-state index >= 15 is 0 Å². The number of hydrogen-bond acceptors (Lipinski definition) is 5. The maximum absolute atomic E-state index is 12.7. The summed E-state index contributed by atoms with van der Waals surface area (Å²) in [5, 5.41) is 8.62. The molecule has 3 aromatic carbocycles. The van der Waals surface area contributed by atoms with Crippen LogP contribution in [0.1, 0.15) is 25.7 Å². The number of halogens is 1. The van der Waals surface area contributed by atoms with Gasteiger partial charge in [-0.25, -0.2) is 9.97 Å². The van der Waals surface area contributed by atoms with E-state index in [0.717, 1.165) is 53.4 Å². The van der Waals surface area contributed by atoms with Crippen LogP contribution < -0.4 is 16.4 Å². The van der Waals surface area contributed by atoms with Crippen molar-refractivity contribution >= 4 is 45.6 Å². The van der Waals surface area contributed by atoms with Gasteiger partial charge in [0.1, 0.15) is 0 Å². The molecule has 0 unspecified atom stereocenters. The number of fused-ring (bicyclic) bond motifs is 1. The standard InChI is InChI=1S/C27H24ClN5O/c28-24-16-30-27(33-25(24)23-10-3-6-17-5-1-2-9-22(17)23)32-21-8-4-7-20(15-21)31-26(34)18-11-13-19(29)14-12-18/h1-2,4-5,7-10,15-16,18-19H,11-14,29H2,(H,31,34)(H,30,32,33). The van der Waals surface area contributed by atoms with Crippen LogP contribution in [0.2, 0.25) is 5.02 Å². The number of carbonyl (C=O) groups excluding carboxylic acids is 1. The molecule has 0 bridgehead atoms. The van der Waals surface area contributed by atoms with E-state index in [1.165, 1.54) is 0 Å². The van der Waals surface area contributed by atoms with Crippen LogP contribution in [0.15, 0.2) is 60.8 Å². The molecular weight excluding hydrogens is 446 g/mol. The molecule has 0 atom stereocenters. The van der Waals surface area contributed by atoms with Gasteiger partial charge in [0.25, 0.3) is 0 Å². The Morgan fingerprint density at radius 1 is 1.06 bits per heavy atom. The predicted molar refractivity (Wildman–Crippen MR) is 136 cm³/mol. The molecule has 0 radical (unpaired) electrons. The number of hydrogen-bond donors (Lipinski definition) is 3. The molecule has 7 heteroatoms. The Balaban J connectivity index is 1.36. The van der Waals surface area contributed by atoms with E-state index in [0.29, 0.717) is 16.7 Å². The fourth-order valence-corrected chi connectivity index (χ4v) is 4.53. The maximum Gasteiger partial charge on any atom is 0.227 e. The van der Waals surface area contributed by atoms with Crippen LogP contribution >= 0.6 is 11.6 Å². The molecule has 1 aliphatic carbocycles. The Morgan fingerprint density at radius 3 is 2.71 bits per heavy atom. The maximum atomic E-state index is 12.7. The Labute approximate surface area is 203 Å². The molecule has 1 aliphatic rings. The average Bonchev–Trinajstić information content (AvgIpc) is 2.85. The molecule has 34 heavy (non-hydrogen) atoms. The molecule has 4 N–H and O–H groups in total. The highest BCUT2D eigenvalue weighted by atomic mass is 35.5. The van der Waals surface area contributed by atoms with E-state index in [4.69, 9.17) is 17.3 Å². The summed E-state index contributed by atoms with van der Waals surface area (Å²) in [7, 11) is 0. The first-order chi connectivity index (χ1) is 16.6. The van der Waals surface area contributed by atoms with Crippen molar-refractivity contribution < 1.29 is 4.79 Å². The van der Waals surface area contributed by atoms with E-state index in [1.807, 2.05) is 54.6 Å². The van der Waals surface area contributed by atoms with Gasteiger partial charge in [0.05, 0.1) is 16.9 Å². The van der Waals surface area contributed by atoms with E-state index in [2.05, 4.69) is 32.7 Å². The molecule has 1 saturated carbocycles. The predicted octanol–water partition coefficient (Wildman–Crippen LogP) is 5.75. The van der Waals surface area contributed by atoms with Gasteiger partial charge in [-0.1, -0.05) is 48.0 Å². The molecule has 1 fully saturated rings. The van der Waals surface area contributed by atoms with Crippen LogP contribution in [-0.2, 0) is 4.79 Å². The summed E-state index contributed by atoms with van der Waals surface area (Å²) >= 11 is 6.47. The quantitative estimate of drug-likeness (QED) is 0.346. The van der Waals surface area contributed by atoms with Crippen LogP contribution in [0.25, 0.3) is 22.0 Å². The third-order valence-electron chi connectivity index (χ3n) is 6.17. The first-order valence-electron chi connectivity index (χ1n) is 11.3. The largest absolute Gasteiger partial charge is 0.328 e. The summed E-state index contributed by atoms with van der Waals surface area (Å²) < 4.78 is 0. The highest BCUT2D eigenvalue weighted by Gasteiger charge is 2.24. The van der Waals surface area contributed by atoms with Crippen molar-refractivity contribution in [2.24, 2.45) is 11.7 Å². The highest BCUT2D eigenvalue weighted by Crippen LogP contribution is 2.32. The topological polar surface area (TPSA) is 92.9 Å². The van der Waals surface area contributed by atoms with Crippen molar-refractivity contribution in [3.8, 4) is 11.3 Å². The van der Waals surface area contributed by atoms with Gasteiger partial charge in [0.2, 0.25) is 11.9 Å². The van der Waals surface area contributed by atoms with Gasteiger partial charge >= 0.3 is 0 Å². The number of carbonyl (C=O) groups is 1. The Kier molecular flexibility index (Phi) is 6.31. The van der Waals surface area contributed by atoms with Crippen LogP contribution in [0.5, 0.6) is 0 Å². The van der Waals surface area contributed by atoms with Gasteiger partial charge in [0, 0.05) is 39.7 Å². The number of amides is 1. The van der Waals surface area contributed by atoms with Gasteiger partial charge in [0.15, 0.2) is 0 Å². The van der Waals surface area contributed by atoms with Crippen molar-refractivity contribution in [2.45, 2.75) is 31.7 Å². The lowest BCUT2D eigenvalue weighted by atomic mass is 9.86. The van der Waals surface area contributed by atoms with Gasteiger partial charge in [-0.3, -0.25) is 4.79 Å². The molecular formula is C27H24ClN5O. The zero-order chi connectivity index (χ0) is 23.5. The first-order valence-corrected chi connectivity index (χ1v) is 11.7. The van der Waals surface area contributed by atoms with Crippen LogP contribution in [0.3, 0.4) is 0 Å². The number of nitrogens with one attached hydrogen (secondary N) is 2. The number of benzene rings is 2. The summed E-state index contributed by atoms with van der Waals surface area (Å²) in [6.07, 6.45) is 5.02. The molecule has 0 spiro atoms. The summed E-state index contributed by atoms with van der Waals surface area (Å²) in [5.74, 6) is 0.451. The second kappa shape index (κ2) is 9.68. The lowest BCUT2D eigenvalue weighted by Gasteiger charge is -2.25. The monoisotopic (exact) mass is 469 g/mol. The smallest absolute Gasteiger partial charge is 0.227 e. The van der Waals surface area contributed by atoms with Gasteiger partial charge < -0.3 is 16.4 Å². The van der Waals surface area contributed by atoms with E-state index in [-0.39, 0.29) is 17.9 Å². The fraction of sp³-hybridized carbons (Fsp3) is 0.222. The number of anilines is 3. The second-order valence-corrected chi connectivity index (χ2v) is 8.98. The zero-order valence-corrected chi connectivity index (χ0v) is 19.3. The van der Waals surface area contributed by atoms with Crippen molar-refractivity contribution in [2.75, 3.05) is 10.6 Å². The second-order valence-electron chi connectivity index (χ2n) is 8.57. The fourth-order valence-electron chi connectivity index (χ4n) is 4.33. The molecule has 0 saturated heterocycles. The molecule has 5 rings (SSSR count). The number of nitrogens with two attached hydrogens (primary N) is 1. The molecule has 170 valence electrons. The third kappa shape index (κ3) is 4.81. The summed E-state index contributed by atoms with van der Waals surface area (Å²) in [4.78, 5) is 21.7. The summed E-state index contributed by atoms with van der Waals surface area (Å²) in [6, 6.07) is 23.6. The molecule has 1 heterocycles. The normalized spacial score (nSPS) is 17.7. The Hall–Kier alpha value is -3.66. The highest BCUT2D eigenvalue weighted by molar-refractivity contribution is 6.33. The lowest BCUT2D eigenvalue weighted by molar-refractivity contribution is -0.120. The van der Waals surface area contributed by atoms with Crippen molar-refractivity contribution in [1.29, 1.82) is 0 Å². The molecule has 1 aromatic heterocycles. The van der Waals surface area contributed by atoms with Crippen molar-refractivity contribution in [1.82, 2.24) is 9.97 Å². The Bertz CT molecular complexity index is 1330. The SMILES string of the molecule is NC1CCC(C(=O)Nc2cccc(Nc3ncc(Cl)c(-c4cc#cc5ccccc45)n3)c2)CC1. The van der Waals surface area contributed by atoms with Crippen LogP contribution in [-0.4, -0.2) is 21.9 Å². The molecule has 4 aromatic rings. The van der Waals surface area contributed by atoms with Crippen molar-refractivity contribution in [3.05, 3.63) is 77.9 Å². The zero-order valence-electron chi connectivity index (χ0n) is 18.5. The lowest BCUT2D eigenvalue weighted by Crippen LogP contribution is -2.32. The molecule has 0 aliphatic heterocycles. The first kappa shape index (κ1) is 22.1. The van der Waals surface area contributed by atoms with E-state index in [1.54, 1.807) is 6.20 Å². The molecule has 1 amide bonds. The van der Waals surface area contributed by atoms with Gasteiger partial charge in [-0.15, -0.1) is 0 Å². The van der Waals surface area contributed by atoms with Crippen molar-refractivity contribution in [3.63, 3.8) is 0 Å².